The summed E-state index contributed by atoms with van der Waals surface area (Å²) in [6.07, 6.45) is 0. The molecule has 0 saturated heterocycles. The van der Waals surface area contributed by atoms with Crippen LogP contribution in [0.25, 0.3) is 0 Å². The van der Waals surface area contributed by atoms with Gasteiger partial charge in [0.25, 0.3) is 0 Å². The van der Waals surface area contributed by atoms with Gasteiger partial charge in [-0.1, -0.05) is 35.0 Å². The SMILES string of the molecule is CC(=O)c1cc(NCc2cc(N)ccc2Sc2ccc(Cl)cc2)cc(Cl)c1O. The number of benzene rings is 3. The Kier molecular flexibility index (Phi) is 6.39. The normalized spacial score (nSPS) is 10.7. The number of ketones is 1. The molecule has 0 bridgehead atoms. The van der Waals surface area contributed by atoms with E-state index in [4.69, 9.17) is 28.9 Å². The molecule has 3 rings (SSSR count). The highest BCUT2D eigenvalue weighted by atomic mass is 35.5. The zero-order valence-corrected chi connectivity index (χ0v) is 17.3. The third-order valence-electron chi connectivity index (χ3n) is 4.05. The molecular weight excluding hydrogens is 415 g/mol. The zero-order chi connectivity index (χ0) is 20.3. The van der Waals surface area contributed by atoms with Gasteiger partial charge < -0.3 is 16.2 Å². The van der Waals surface area contributed by atoms with Gasteiger partial charge in [0.05, 0.1) is 10.6 Å². The number of rotatable bonds is 6. The summed E-state index contributed by atoms with van der Waals surface area (Å²) >= 11 is 13.6. The Balaban J connectivity index is 1.83. The van der Waals surface area contributed by atoms with Crippen LogP contribution in [-0.2, 0) is 6.54 Å². The summed E-state index contributed by atoms with van der Waals surface area (Å²) in [6.45, 7) is 1.85. The van der Waals surface area contributed by atoms with Gasteiger partial charge in [0.2, 0.25) is 0 Å². The van der Waals surface area contributed by atoms with Crippen molar-refractivity contribution in [1.29, 1.82) is 0 Å². The van der Waals surface area contributed by atoms with Crippen LogP contribution in [0, 0.1) is 0 Å². The fourth-order valence-electron chi connectivity index (χ4n) is 2.63. The molecule has 4 N–H and O–H groups in total. The number of phenols is 1. The Morgan fingerprint density at radius 1 is 1.11 bits per heavy atom. The number of nitrogens with one attached hydrogen (secondary N) is 1. The Morgan fingerprint density at radius 3 is 2.50 bits per heavy atom. The molecule has 0 aliphatic rings. The highest BCUT2D eigenvalue weighted by molar-refractivity contribution is 7.99. The van der Waals surface area contributed by atoms with E-state index in [1.54, 1.807) is 23.9 Å². The molecule has 0 fully saturated rings. The van der Waals surface area contributed by atoms with Crippen LogP contribution < -0.4 is 11.1 Å². The van der Waals surface area contributed by atoms with Crippen LogP contribution in [0.5, 0.6) is 5.75 Å². The van der Waals surface area contributed by atoms with Gasteiger partial charge in [-0.25, -0.2) is 0 Å². The smallest absolute Gasteiger partial charge is 0.163 e. The minimum Gasteiger partial charge on any atom is -0.506 e. The minimum atomic E-state index is -0.258. The molecule has 0 aromatic heterocycles. The molecule has 0 saturated carbocycles. The van der Waals surface area contributed by atoms with Crippen LogP contribution in [-0.4, -0.2) is 10.9 Å². The number of anilines is 2. The Labute approximate surface area is 177 Å². The van der Waals surface area contributed by atoms with Crippen LogP contribution >= 0.6 is 35.0 Å². The lowest BCUT2D eigenvalue weighted by Crippen LogP contribution is -2.03. The highest BCUT2D eigenvalue weighted by Crippen LogP contribution is 2.34. The monoisotopic (exact) mass is 432 g/mol. The Hall–Kier alpha value is -2.34. The van der Waals surface area contributed by atoms with Crippen molar-refractivity contribution in [2.75, 3.05) is 11.1 Å². The molecule has 0 aliphatic heterocycles. The maximum absolute atomic E-state index is 11.7. The van der Waals surface area contributed by atoms with E-state index >= 15 is 0 Å². The fraction of sp³-hybridized carbons (Fsp3) is 0.0952. The quantitative estimate of drug-likeness (QED) is 0.244. The number of halogens is 2. The van der Waals surface area contributed by atoms with E-state index in [0.717, 1.165) is 15.4 Å². The molecule has 0 heterocycles. The van der Waals surface area contributed by atoms with Crippen LogP contribution in [0.4, 0.5) is 11.4 Å². The molecule has 0 amide bonds. The molecular formula is C21H18Cl2N2O2S. The number of aromatic hydroxyl groups is 1. The number of carbonyl (C=O) groups is 1. The Bertz CT molecular complexity index is 1020. The third kappa shape index (κ3) is 4.93. The van der Waals surface area contributed by atoms with E-state index in [-0.39, 0.29) is 22.1 Å². The number of Topliss-reactive ketones (excluding diaryl/α,β-unsaturated/α-hetero) is 1. The predicted octanol–water partition coefficient (Wildman–Crippen LogP) is 6.25. The molecule has 144 valence electrons. The van der Waals surface area contributed by atoms with Gasteiger partial charge in [-0.15, -0.1) is 0 Å². The van der Waals surface area contributed by atoms with Gasteiger partial charge in [-0.3, -0.25) is 4.79 Å². The number of nitrogen functional groups attached to an aromatic ring is 1. The molecule has 0 atom stereocenters. The van der Waals surface area contributed by atoms with Crippen LogP contribution in [0.3, 0.4) is 0 Å². The lowest BCUT2D eigenvalue weighted by molar-refractivity contribution is 0.101. The molecule has 0 radical (unpaired) electrons. The number of hydrogen-bond acceptors (Lipinski definition) is 5. The van der Waals surface area contributed by atoms with Crippen molar-refractivity contribution in [3.05, 3.63) is 75.8 Å². The minimum absolute atomic E-state index is 0.124. The fourth-order valence-corrected chi connectivity index (χ4v) is 3.90. The van der Waals surface area contributed by atoms with E-state index in [2.05, 4.69) is 5.32 Å². The van der Waals surface area contributed by atoms with E-state index in [1.165, 1.54) is 6.92 Å². The maximum atomic E-state index is 11.7. The maximum Gasteiger partial charge on any atom is 0.163 e. The Morgan fingerprint density at radius 2 is 1.82 bits per heavy atom. The van der Waals surface area contributed by atoms with Crippen molar-refractivity contribution in [2.45, 2.75) is 23.3 Å². The van der Waals surface area contributed by atoms with Crippen LogP contribution in [0.15, 0.2) is 64.4 Å². The van der Waals surface area contributed by atoms with Gasteiger partial charge in [0, 0.05) is 32.7 Å². The zero-order valence-electron chi connectivity index (χ0n) is 15.0. The standard InChI is InChI=1S/C21H18Cl2N2O2S/c1-12(26)18-9-16(10-19(23)21(18)27)25-11-13-8-15(24)4-7-20(13)28-17-5-2-14(22)3-6-17/h2-10,25,27H,11,24H2,1H3. The predicted molar refractivity (Wildman–Crippen MR) is 117 cm³/mol. The summed E-state index contributed by atoms with van der Waals surface area (Å²) in [7, 11) is 0. The largest absolute Gasteiger partial charge is 0.506 e. The van der Waals surface area contributed by atoms with Crippen LogP contribution in [0.1, 0.15) is 22.8 Å². The molecule has 0 aliphatic carbocycles. The molecule has 4 nitrogen and oxygen atoms in total. The van der Waals surface area contributed by atoms with Crippen molar-refractivity contribution in [3.63, 3.8) is 0 Å². The highest BCUT2D eigenvalue weighted by Gasteiger charge is 2.13. The average Bonchev–Trinajstić information content (AvgIpc) is 2.66. The average molecular weight is 433 g/mol. The van der Waals surface area contributed by atoms with Gasteiger partial charge in [0.15, 0.2) is 5.78 Å². The van der Waals surface area contributed by atoms with Crippen molar-refractivity contribution in [2.24, 2.45) is 0 Å². The number of phenolic OH excluding ortho intramolecular Hbond substituents is 1. The lowest BCUT2D eigenvalue weighted by Gasteiger charge is -2.14. The molecule has 0 spiro atoms. The van der Waals surface area contributed by atoms with Crippen molar-refractivity contribution in [1.82, 2.24) is 0 Å². The summed E-state index contributed by atoms with van der Waals surface area (Å²) in [6, 6.07) is 16.5. The lowest BCUT2D eigenvalue weighted by atomic mass is 10.1. The van der Waals surface area contributed by atoms with E-state index < -0.39 is 0 Å². The van der Waals surface area contributed by atoms with Crippen molar-refractivity contribution >= 4 is 52.1 Å². The van der Waals surface area contributed by atoms with Gasteiger partial charge in [-0.2, -0.15) is 0 Å². The van der Waals surface area contributed by atoms with Crippen molar-refractivity contribution < 1.29 is 9.90 Å². The number of hydrogen-bond donors (Lipinski definition) is 3. The van der Waals surface area contributed by atoms with E-state index in [9.17, 15) is 9.90 Å². The first kappa shape index (κ1) is 20.4. The topological polar surface area (TPSA) is 75.4 Å². The molecule has 3 aromatic rings. The van der Waals surface area contributed by atoms with Crippen molar-refractivity contribution in [3.8, 4) is 5.75 Å². The number of nitrogens with two attached hydrogens (primary N) is 1. The van der Waals surface area contributed by atoms with Crippen LogP contribution in [0.2, 0.25) is 10.0 Å². The molecule has 0 unspecified atom stereocenters. The number of carbonyl (C=O) groups excluding carboxylic acids is 1. The van der Waals surface area contributed by atoms with Gasteiger partial charge in [-0.05, 0) is 67.1 Å². The summed E-state index contributed by atoms with van der Waals surface area (Å²) in [5.74, 6) is -0.464. The second-order valence-electron chi connectivity index (χ2n) is 6.19. The van der Waals surface area contributed by atoms with E-state index in [0.29, 0.717) is 22.9 Å². The summed E-state index contributed by atoms with van der Waals surface area (Å²) in [5, 5.41) is 14.0. The summed E-state index contributed by atoms with van der Waals surface area (Å²) in [4.78, 5) is 13.8. The first-order valence-corrected chi connectivity index (χ1v) is 10.00. The third-order valence-corrected chi connectivity index (χ3v) is 5.72. The summed E-state index contributed by atoms with van der Waals surface area (Å²) in [5.41, 5.74) is 8.43. The van der Waals surface area contributed by atoms with Gasteiger partial charge in [0.1, 0.15) is 5.75 Å². The van der Waals surface area contributed by atoms with Gasteiger partial charge >= 0.3 is 0 Å². The molecule has 7 heteroatoms. The second kappa shape index (κ2) is 8.78. The molecule has 28 heavy (non-hydrogen) atoms. The first-order valence-electron chi connectivity index (χ1n) is 8.42. The first-order chi connectivity index (χ1) is 13.3. The van der Waals surface area contributed by atoms with E-state index in [1.807, 2.05) is 42.5 Å². The molecule has 3 aromatic carbocycles. The second-order valence-corrected chi connectivity index (χ2v) is 8.15. The summed E-state index contributed by atoms with van der Waals surface area (Å²) < 4.78 is 0.